The smallest absolute Gasteiger partial charge is 0.356 e. The Balaban J connectivity index is 1.99. The van der Waals surface area contributed by atoms with Crippen LogP contribution in [0.2, 0.25) is 18.1 Å². The molecule has 0 radical (unpaired) electrons. The quantitative estimate of drug-likeness (QED) is 0.452. The van der Waals surface area contributed by atoms with Crippen LogP contribution in [0, 0.1) is 0 Å². The van der Waals surface area contributed by atoms with Crippen molar-refractivity contribution in [2.75, 3.05) is 7.11 Å². The molecule has 0 N–H and O–H groups in total. The number of pyridine rings is 1. The number of fused-ring (bicyclic) bond motifs is 3. The van der Waals surface area contributed by atoms with Gasteiger partial charge in [-0.25, -0.2) is 9.78 Å². The summed E-state index contributed by atoms with van der Waals surface area (Å²) in [4.78, 5) is 16.6. The molecular formula is C19H29NO4Si. The van der Waals surface area contributed by atoms with Crippen molar-refractivity contribution in [3.8, 4) is 0 Å². The van der Waals surface area contributed by atoms with Crippen LogP contribution in [0.15, 0.2) is 6.07 Å². The Labute approximate surface area is 151 Å². The minimum Gasteiger partial charge on any atom is -0.464 e. The lowest BCUT2D eigenvalue weighted by Gasteiger charge is -2.39. The van der Waals surface area contributed by atoms with Gasteiger partial charge in [0.05, 0.1) is 25.0 Å². The monoisotopic (exact) mass is 363 g/mol. The van der Waals surface area contributed by atoms with Gasteiger partial charge in [0.15, 0.2) is 8.32 Å². The van der Waals surface area contributed by atoms with Gasteiger partial charge in [0.25, 0.3) is 0 Å². The Morgan fingerprint density at radius 2 is 2.08 bits per heavy atom. The van der Waals surface area contributed by atoms with Crippen molar-refractivity contribution in [2.24, 2.45) is 0 Å². The molecule has 1 aliphatic heterocycles. The first-order valence-electron chi connectivity index (χ1n) is 9.00. The van der Waals surface area contributed by atoms with Gasteiger partial charge in [0, 0.05) is 0 Å². The summed E-state index contributed by atoms with van der Waals surface area (Å²) >= 11 is 0. The predicted octanol–water partition coefficient (Wildman–Crippen LogP) is 4.34. The van der Waals surface area contributed by atoms with E-state index in [1.54, 1.807) is 0 Å². The summed E-state index contributed by atoms with van der Waals surface area (Å²) in [6.07, 6.45) is 2.14. The zero-order chi connectivity index (χ0) is 18.6. The molecule has 1 aliphatic carbocycles. The highest BCUT2D eigenvalue weighted by molar-refractivity contribution is 6.74. The molecule has 1 saturated heterocycles. The van der Waals surface area contributed by atoms with Gasteiger partial charge in [-0.05, 0) is 55.1 Å². The molecule has 0 saturated carbocycles. The molecule has 1 fully saturated rings. The van der Waals surface area contributed by atoms with E-state index in [1.165, 1.54) is 12.7 Å². The van der Waals surface area contributed by atoms with Gasteiger partial charge in [-0.3, -0.25) is 0 Å². The molecule has 0 aromatic carbocycles. The second-order valence-corrected chi connectivity index (χ2v) is 13.4. The SMILES string of the molecule is COC(=O)c1cc([C@H](C)O[Si](C)(C)C(C)(C)C)c2c(n1)[C@H]1O[C@H]1CC2. The summed E-state index contributed by atoms with van der Waals surface area (Å²) in [5, 5.41) is 0.129. The van der Waals surface area contributed by atoms with Crippen LogP contribution < -0.4 is 0 Å². The maximum absolute atomic E-state index is 12.1. The maximum Gasteiger partial charge on any atom is 0.356 e. The summed E-state index contributed by atoms with van der Waals surface area (Å²) in [6, 6.07) is 1.85. The summed E-state index contributed by atoms with van der Waals surface area (Å²) < 4.78 is 17.2. The van der Waals surface area contributed by atoms with Crippen molar-refractivity contribution in [1.29, 1.82) is 0 Å². The average molecular weight is 364 g/mol. The fourth-order valence-electron chi connectivity index (χ4n) is 3.26. The van der Waals surface area contributed by atoms with E-state index in [4.69, 9.17) is 13.9 Å². The van der Waals surface area contributed by atoms with E-state index in [0.717, 1.165) is 24.1 Å². The molecular weight excluding hydrogens is 334 g/mol. The van der Waals surface area contributed by atoms with Crippen LogP contribution >= 0.6 is 0 Å². The number of hydrogen-bond donors (Lipinski definition) is 0. The molecule has 3 rings (SSSR count). The van der Waals surface area contributed by atoms with Gasteiger partial charge in [-0.1, -0.05) is 20.8 Å². The fraction of sp³-hybridized carbons (Fsp3) is 0.684. The molecule has 3 atom stereocenters. The van der Waals surface area contributed by atoms with Gasteiger partial charge >= 0.3 is 5.97 Å². The first kappa shape index (κ1) is 18.5. The zero-order valence-corrected chi connectivity index (χ0v) is 17.3. The van der Waals surface area contributed by atoms with Crippen LogP contribution in [0.4, 0.5) is 0 Å². The molecule has 1 aromatic heterocycles. The normalized spacial score (nSPS) is 23.5. The molecule has 0 unspecified atom stereocenters. The minimum atomic E-state index is -1.92. The van der Waals surface area contributed by atoms with Gasteiger partial charge in [-0.15, -0.1) is 0 Å². The first-order valence-corrected chi connectivity index (χ1v) is 11.9. The third-order valence-electron chi connectivity index (χ3n) is 5.83. The lowest BCUT2D eigenvalue weighted by Crippen LogP contribution is -2.41. The first-order chi connectivity index (χ1) is 11.5. The van der Waals surface area contributed by atoms with E-state index in [-0.39, 0.29) is 23.4 Å². The number of nitrogens with zero attached hydrogens (tertiary/aromatic N) is 1. The largest absolute Gasteiger partial charge is 0.464 e. The molecule has 6 heteroatoms. The number of esters is 1. The lowest BCUT2D eigenvalue weighted by atomic mass is 9.90. The standard InChI is InChI=1S/C19H29NO4Si/c1-11(24-25(6,7)19(2,3)4)13-10-14(18(21)22-5)20-16-12(13)8-9-15-17(16)23-15/h10-11,15,17H,8-9H2,1-7H3/t11-,15-,17-/m0/s1. The summed E-state index contributed by atoms with van der Waals surface area (Å²) in [5.41, 5.74) is 3.50. The number of carbonyl (C=O) groups is 1. The lowest BCUT2D eigenvalue weighted by molar-refractivity contribution is 0.0593. The topological polar surface area (TPSA) is 61.0 Å². The molecule has 0 spiro atoms. The van der Waals surface area contributed by atoms with Gasteiger partial charge < -0.3 is 13.9 Å². The number of carbonyl (C=O) groups excluding carboxylic acids is 1. The van der Waals surface area contributed by atoms with E-state index < -0.39 is 14.3 Å². The molecule has 0 bridgehead atoms. The Morgan fingerprint density at radius 3 is 2.68 bits per heavy atom. The summed E-state index contributed by atoms with van der Waals surface area (Å²) in [6.45, 7) is 13.3. The Kier molecular flexibility index (Phi) is 4.58. The highest BCUT2D eigenvalue weighted by Gasteiger charge is 2.47. The molecule has 2 aliphatic rings. The second-order valence-electron chi connectivity index (χ2n) is 8.61. The molecule has 1 aromatic rings. The number of methoxy groups -OCH3 is 1. The van der Waals surface area contributed by atoms with Crippen LogP contribution in [-0.2, 0) is 20.3 Å². The number of ether oxygens (including phenoxy) is 2. The zero-order valence-electron chi connectivity index (χ0n) is 16.3. The van der Waals surface area contributed by atoms with Crippen molar-refractivity contribution >= 4 is 14.3 Å². The third kappa shape index (κ3) is 3.39. The molecule has 138 valence electrons. The predicted molar refractivity (Wildman–Crippen MR) is 98.2 cm³/mol. The van der Waals surface area contributed by atoms with Crippen molar-refractivity contribution in [2.45, 2.75) is 77.0 Å². The van der Waals surface area contributed by atoms with E-state index in [1.807, 2.05) is 6.07 Å². The number of rotatable bonds is 4. The molecule has 0 amide bonds. The van der Waals surface area contributed by atoms with Crippen LogP contribution in [0.1, 0.15) is 73.6 Å². The number of epoxide rings is 1. The highest BCUT2D eigenvalue weighted by Crippen LogP contribution is 2.48. The van der Waals surface area contributed by atoms with Crippen LogP contribution in [0.3, 0.4) is 0 Å². The molecule has 25 heavy (non-hydrogen) atoms. The van der Waals surface area contributed by atoms with Gasteiger partial charge in [0.2, 0.25) is 0 Å². The highest BCUT2D eigenvalue weighted by atomic mass is 28.4. The number of hydrogen-bond acceptors (Lipinski definition) is 5. The molecule has 2 heterocycles. The fourth-order valence-corrected chi connectivity index (χ4v) is 4.63. The van der Waals surface area contributed by atoms with E-state index >= 15 is 0 Å². The van der Waals surface area contributed by atoms with Crippen molar-refractivity contribution in [3.05, 3.63) is 28.6 Å². The maximum atomic E-state index is 12.1. The van der Waals surface area contributed by atoms with Crippen LogP contribution in [0.25, 0.3) is 0 Å². The van der Waals surface area contributed by atoms with Crippen molar-refractivity contribution in [1.82, 2.24) is 4.98 Å². The summed E-state index contributed by atoms with van der Waals surface area (Å²) in [7, 11) is -0.539. The Bertz CT molecular complexity index is 695. The molecule has 5 nitrogen and oxygen atoms in total. The van der Waals surface area contributed by atoms with Crippen molar-refractivity contribution < 1.29 is 18.7 Å². The van der Waals surface area contributed by atoms with Crippen molar-refractivity contribution in [3.63, 3.8) is 0 Å². The van der Waals surface area contributed by atoms with Gasteiger partial charge in [-0.2, -0.15) is 0 Å². The van der Waals surface area contributed by atoms with Gasteiger partial charge in [0.1, 0.15) is 11.8 Å². The third-order valence-corrected chi connectivity index (χ3v) is 10.4. The van der Waals surface area contributed by atoms with E-state index in [0.29, 0.717) is 5.69 Å². The summed E-state index contributed by atoms with van der Waals surface area (Å²) in [5.74, 6) is -0.411. The van der Waals surface area contributed by atoms with Crippen LogP contribution in [-0.4, -0.2) is 32.5 Å². The van der Waals surface area contributed by atoms with E-state index in [9.17, 15) is 4.79 Å². The number of aromatic nitrogens is 1. The van der Waals surface area contributed by atoms with Crippen LogP contribution in [0.5, 0.6) is 0 Å². The average Bonchev–Trinajstić information content (AvgIpc) is 3.31. The Hall–Kier alpha value is -1.24. The minimum absolute atomic E-state index is 0.0344. The Morgan fingerprint density at radius 1 is 1.40 bits per heavy atom. The van der Waals surface area contributed by atoms with E-state index in [2.05, 4.69) is 45.8 Å². The second kappa shape index (κ2) is 6.18.